The van der Waals surface area contributed by atoms with Crippen LogP contribution in [0.5, 0.6) is 0 Å². The molecule has 2 aromatic carbocycles. The van der Waals surface area contributed by atoms with Gasteiger partial charge in [0.2, 0.25) is 11.8 Å². The zero-order valence-electron chi connectivity index (χ0n) is 24.1. The molecule has 2 N–H and O–H groups in total. The molecule has 6 rings (SSSR count). The van der Waals surface area contributed by atoms with Crippen molar-refractivity contribution in [3.63, 3.8) is 0 Å². The number of rotatable bonds is 9. The molecular weight excluding hydrogens is 712 g/mol. The van der Waals surface area contributed by atoms with Crippen molar-refractivity contribution < 1.29 is 26.4 Å². The highest BCUT2D eigenvalue weighted by atomic mass is 35.5. The number of amides is 2. The van der Waals surface area contributed by atoms with E-state index in [1.165, 1.54) is 32.9 Å². The lowest BCUT2D eigenvalue weighted by Crippen LogP contribution is -2.42. The molecule has 16 heteroatoms. The number of thiophene rings is 2. The van der Waals surface area contributed by atoms with Crippen LogP contribution in [0.4, 0.5) is 11.4 Å². The maximum absolute atomic E-state index is 13.1. The number of anilines is 2. The second kappa shape index (κ2) is 13.4. The quantitative estimate of drug-likeness (QED) is 0.205. The minimum absolute atomic E-state index is 0.112. The number of carbonyl (C=O) groups excluding carboxylic acids is 2. The topological polar surface area (TPSA) is 133 Å². The molecule has 2 saturated heterocycles. The fraction of sp³-hybridized carbons (Fsp3) is 0.267. The number of hydrogen-bond donors (Lipinski definition) is 2. The molecule has 0 unspecified atom stereocenters. The molecule has 2 fully saturated rings. The predicted molar refractivity (Wildman–Crippen MR) is 182 cm³/mol. The third kappa shape index (κ3) is 6.76. The summed E-state index contributed by atoms with van der Waals surface area (Å²) in [6.07, 6.45) is 2.00. The Hall–Kier alpha value is -2.82. The lowest BCUT2D eigenvalue weighted by molar-refractivity contribution is -0.119. The first kappa shape index (κ1) is 33.1. The molecule has 0 aliphatic carbocycles. The number of benzene rings is 2. The van der Waals surface area contributed by atoms with Gasteiger partial charge in [-0.05, 0) is 85.3 Å². The highest BCUT2D eigenvalue weighted by Gasteiger charge is 2.41. The van der Waals surface area contributed by atoms with E-state index in [0.717, 1.165) is 33.8 Å². The average Bonchev–Trinajstić information content (AvgIpc) is 3.85. The van der Waals surface area contributed by atoms with Crippen LogP contribution in [-0.2, 0) is 29.6 Å². The smallest absolute Gasteiger partial charge is 0.253 e. The first-order valence-corrected chi connectivity index (χ1v) is 19.6. The van der Waals surface area contributed by atoms with Gasteiger partial charge in [-0.3, -0.25) is 9.59 Å². The SMILES string of the molecule is O=C(Nc1ccc(-c2ccc(NC(=O)[C@@H]3CCCN3S(=O)(=O)c3ccc(Cl)s3)cc2)cc1)[C@H]1CCCN1S(=O)(=O)c1ccc(Cl)s1. The third-order valence-corrected chi connectivity index (χ3v) is 15.1. The van der Waals surface area contributed by atoms with Gasteiger partial charge in [-0.2, -0.15) is 8.61 Å². The first-order valence-electron chi connectivity index (χ1n) is 14.3. The summed E-state index contributed by atoms with van der Waals surface area (Å²) >= 11 is 13.8. The maximum Gasteiger partial charge on any atom is 0.253 e. The second-order valence-corrected chi connectivity index (χ2v) is 18.5. The van der Waals surface area contributed by atoms with Crippen LogP contribution in [0, 0.1) is 0 Å². The molecule has 4 aromatic rings. The molecule has 4 heterocycles. The Bertz CT molecular complexity index is 1840. The number of sulfonamides is 2. The van der Waals surface area contributed by atoms with Gasteiger partial charge >= 0.3 is 0 Å². The van der Waals surface area contributed by atoms with E-state index in [1.807, 2.05) is 24.3 Å². The van der Waals surface area contributed by atoms with Crippen LogP contribution in [0.2, 0.25) is 8.67 Å². The van der Waals surface area contributed by atoms with Crippen molar-refractivity contribution in [2.24, 2.45) is 0 Å². The number of halogens is 2. The Balaban J connectivity index is 1.07. The molecule has 0 bridgehead atoms. The zero-order valence-corrected chi connectivity index (χ0v) is 28.8. The van der Waals surface area contributed by atoms with Crippen LogP contribution in [0.3, 0.4) is 0 Å². The molecule has 0 saturated carbocycles. The third-order valence-electron chi connectivity index (χ3n) is 7.87. The molecule has 10 nitrogen and oxygen atoms in total. The fourth-order valence-electron chi connectivity index (χ4n) is 5.63. The molecule has 2 aliphatic rings. The van der Waals surface area contributed by atoms with Crippen molar-refractivity contribution in [2.45, 2.75) is 46.2 Å². The number of hydrogen-bond acceptors (Lipinski definition) is 8. The predicted octanol–water partition coefficient (Wildman–Crippen LogP) is 6.37. The highest BCUT2D eigenvalue weighted by molar-refractivity contribution is 7.91. The summed E-state index contributed by atoms with van der Waals surface area (Å²) < 4.78 is 55.9. The molecule has 0 radical (unpaired) electrons. The molecule has 0 spiro atoms. The van der Waals surface area contributed by atoms with Crippen molar-refractivity contribution in [1.82, 2.24) is 8.61 Å². The summed E-state index contributed by atoms with van der Waals surface area (Å²) in [5.41, 5.74) is 2.78. The van der Waals surface area contributed by atoms with Crippen LogP contribution < -0.4 is 10.6 Å². The van der Waals surface area contributed by atoms with E-state index in [0.29, 0.717) is 45.7 Å². The normalized spacial score (nSPS) is 19.3. The van der Waals surface area contributed by atoms with E-state index in [2.05, 4.69) is 10.6 Å². The summed E-state index contributed by atoms with van der Waals surface area (Å²) in [4.78, 5) is 26.2. The summed E-state index contributed by atoms with van der Waals surface area (Å²) in [5, 5.41) is 5.67. The number of carbonyl (C=O) groups is 2. The molecule has 46 heavy (non-hydrogen) atoms. The van der Waals surface area contributed by atoms with Crippen LogP contribution in [0.1, 0.15) is 25.7 Å². The van der Waals surface area contributed by atoms with E-state index >= 15 is 0 Å². The summed E-state index contributed by atoms with van der Waals surface area (Å²) in [6.45, 7) is 0.515. The lowest BCUT2D eigenvalue weighted by Gasteiger charge is -2.22. The second-order valence-electron chi connectivity index (χ2n) is 10.8. The van der Waals surface area contributed by atoms with Crippen molar-refractivity contribution in [3.8, 4) is 11.1 Å². The van der Waals surface area contributed by atoms with Gasteiger partial charge in [0.15, 0.2) is 0 Å². The fourth-order valence-corrected chi connectivity index (χ4v) is 12.2. The van der Waals surface area contributed by atoms with Crippen molar-refractivity contribution >= 4 is 89.1 Å². The first-order chi connectivity index (χ1) is 21.9. The van der Waals surface area contributed by atoms with Gasteiger partial charge in [0.05, 0.1) is 8.67 Å². The van der Waals surface area contributed by atoms with Crippen LogP contribution >= 0.6 is 45.9 Å². The standard InChI is InChI=1S/C30H28Cl2N4O6S4/c31-25-13-15-27(43-25)45(39,40)35-17-1-3-23(35)29(37)33-21-9-5-19(6-10-21)20-7-11-22(12-8-20)34-30(38)24-4-2-18-36(24)46(41,42)28-16-14-26(32)44-28/h5-16,23-24H,1-4,17-18H2,(H,33,37)(H,34,38)/t23-,24+. The Labute approximate surface area is 285 Å². The Morgan fingerprint density at radius 1 is 0.609 bits per heavy atom. The van der Waals surface area contributed by atoms with Crippen LogP contribution in [0.25, 0.3) is 11.1 Å². The van der Waals surface area contributed by atoms with Gasteiger partial charge in [-0.15, -0.1) is 22.7 Å². The van der Waals surface area contributed by atoms with Gasteiger partial charge in [0.1, 0.15) is 20.5 Å². The summed E-state index contributed by atoms with van der Waals surface area (Å²) in [5.74, 6) is -0.797. The van der Waals surface area contributed by atoms with Crippen molar-refractivity contribution in [3.05, 3.63) is 81.5 Å². The maximum atomic E-state index is 13.1. The van der Waals surface area contributed by atoms with Crippen LogP contribution in [0.15, 0.2) is 81.2 Å². The minimum atomic E-state index is -3.84. The summed E-state index contributed by atoms with van der Waals surface area (Å²) in [7, 11) is -7.67. The minimum Gasteiger partial charge on any atom is -0.325 e. The summed E-state index contributed by atoms with van der Waals surface area (Å²) in [6, 6.07) is 18.6. The zero-order chi connectivity index (χ0) is 32.6. The molecule has 242 valence electrons. The number of nitrogens with zero attached hydrogens (tertiary/aromatic N) is 2. The van der Waals surface area contributed by atoms with Gasteiger partial charge < -0.3 is 10.6 Å². The Kier molecular flexibility index (Phi) is 9.61. The molecule has 2 atom stereocenters. The monoisotopic (exact) mass is 738 g/mol. The largest absolute Gasteiger partial charge is 0.325 e. The lowest BCUT2D eigenvalue weighted by atomic mass is 10.0. The molecular formula is C30H28Cl2N4O6S4. The van der Waals surface area contributed by atoms with E-state index in [-0.39, 0.29) is 21.5 Å². The van der Waals surface area contributed by atoms with Gasteiger partial charge in [0.25, 0.3) is 20.0 Å². The Morgan fingerprint density at radius 2 is 0.978 bits per heavy atom. The Morgan fingerprint density at radius 3 is 1.30 bits per heavy atom. The van der Waals surface area contributed by atoms with E-state index < -0.39 is 43.9 Å². The van der Waals surface area contributed by atoms with Crippen molar-refractivity contribution in [2.75, 3.05) is 23.7 Å². The number of nitrogens with one attached hydrogen (secondary N) is 2. The van der Waals surface area contributed by atoms with Crippen molar-refractivity contribution in [1.29, 1.82) is 0 Å². The van der Waals surface area contributed by atoms with Gasteiger partial charge in [0, 0.05) is 24.5 Å². The van der Waals surface area contributed by atoms with E-state index in [1.54, 1.807) is 24.3 Å². The van der Waals surface area contributed by atoms with E-state index in [9.17, 15) is 26.4 Å². The molecule has 2 amide bonds. The van der Waals surface area contributed by atoms with E-state index in [4.69, 9.17) is 23.2 Å². The molecule has 2 aliphatic heterocycles. The molecule has 2 aromatic heterocycles. The van der Waals surface area contributed by atoms with Gasteiger partial charge in [-0.1, -0.05) is 47.5 Å². The highest BCUT2D eigenvalue weighted by Crippen LogP contribution is 2.34. The average molecular weight is 740 g/mol. The van der Waals surface area contributed by atoms with Crippen LogP contribution in [-0.4, -0.2) is 62.4 Å². The van der Waals surface area contributed by atoms with Gasteiger partial charge in [-0.25, -0.2) is 16.8 Å².